The van der Waals surface area contributed by atoms with Gasteiger partial charge in [-0.2, -0.15) is 0 Å². The molecule has 0 saturated carbocycles. The molecule has 2 aromatic heterocycles. The Balaban J connectivity index is 1.55. The van der Waals surface area contributed by atoms with Crippen molar-refractivity contribution in [1.82, 2.24) is 5.32 Å². The van der Waals surface area contributed by atoms with E-state index in [0.717, 1.165) is 58.8 Å². The van der Waals surface area contributed by atoms with E-state index in [2.05, 4.69) is 24.5 Å². The molecule has 2 N–H and O–H groups in total. The van der Waals surface area contributed by atoms with Gasteiger partial charge in [-0.05, 0) is 68.4 Å². The van der Waals surface area contributed by atoms with E-state index in [0.29, 0.717) is 28.1 Å². The number of anilines is 1. The number of rotatable bonds is 5. The molecule has 0 radical (unpaired) electrons. The van der Waals surface area contributed by atoms with Gasteiger partial charge in [0.2, 0.25) is 0 Å². The number of amides is 1. The highest BCUT2D eigenvalue weighted by Crippen LogP contribution is 2.48. The van der Waals surface area contributed by atoms with E-state index in [4.69, 9.17) is 4.74 Å². The van der Waals surface area contributed by atoms with Crippen molar-refractivity contribution in [3.05, 3.63) is 60.9 Å². The minimum Gasteiger partial charge on any atom is -0.462 e. The maximum atomic E-state index is 14.0. The molecule has 0 bridgehead atoms. The molecule has 3 aliphatic rings. The number of nitrogens with one attached hydrogen (secondary N) is 2. The lowest BCUT2D eigenvalue weighted by molar-refractivity contribution is -0.118. The number of hydrogen-bond donors (Lipinski definition) is 2. The Hall–Kier alpha value is -2.71. The fraction of sp³-hybridized carbons (Fsp3) is 0.464. The van der Waals surface area contributed by atoms with Gasteiger partial charge >= 0.3 is 5.97 Å². The van der Waals surface area contributed by atoms with E-state index in [1.165, 1.54) is 11.3 Å². The third-order valence-corrected chi connectivity index (χ3v) is 9.33. The predicted molar refractivity (Wildman–Crippen MR) is 143 cm³/mol. The Morgan fingerprint density at radius 3 is 2.72 bits per heavy atom. The number of hydrogen-bond acceptors (Lipinski definition) is 7. The van der Waals surface area contributed by atoms with Crippen LogP contribution in [0, 0.1) is 5.41 Å². The number of allylic oxidation sites excluding steroid dienone is 3. The molecule has 36 heavy (non-hydrogen) atoms. The molecule has 0 fully saturated rings. The molecule has 2 aliphatic carbocycles. The van der Waals surface area contributed by atoms with Crippen molar-refractivity contribution in [3.63, 3.8) is 0 Å². The Bertz CT molecular complexity index is 1300. The summed E-state index contributed by atoms with van der Waals surface area (Å²) in [6.45, 7) is 8.18. The van der Waals surface area contributed by atoms with E-state index in [1.807, 2.05) is 24.4 Å². The van der Waals surface area contributed by atoms with Crippen molar-refractivity contribution in [2.75, 3.05) is 11.9 Å². The quantitative estimate of drug-likeness (QED) is 0.461. The van der Waals surface area contributed by atoms with Gasteiger partial charge in [-0.1, -0.05) is 19.9 Å². The lowest BCUT2D eigenvalue weighted by atomic mass is 9.69. The SMILES string of the molecule is CCOC(=O)c1c(NC(=O)C2=C(C)NC3=C(C(=O)CC(C)(C)C3)C2c2cccs2)sc2c1CCCC2. The number of dihydropyridines is 1. The maximum absolute atomic E-state index is 14.0. The molecule has 2 aromatic rings. The summed E-state index contributed by atoms with van der Waals surface area (Å²) in [5.41, 5.74) is 4.27. The third kappa shape index (κ3) is 4.45. The fourth-order valence-electron chi connectivity index (χ4n) is 5.72. The molecule has 0 spiro atoms. The lowest BCUT2D eigenvalue weighted by Gasteiger charge is -2.39. The molecule has 5 rings (SSSR count). The maximum Gasteiger partial charge on any atom is 0.341 e. The molecule has 6 nitrogen and oxygen atoms in total. The van der Waals surface area contributed by atoms with Gasteiger partial charge in [-0.25, -0.2) is 4.79 Å². The van der Waals surface area contributed by atoms with Gasteiger partial charge in [-0.3, -0.25) is 9.59 Å². The number of esters is 1. The largest absolute Gasteiger partial charge is 0.462 e. The second-order valence-electron chi connectivity index (χ2n) is 10.5. The molecule has 1 atom stereocenters. The van der Waals surface area contributed by atoms with Gasteiger partial charge in [0.15, 0.2) is 5.78 Å². The zero-order chi connectivity index (χ0) is 25.6. The zero-order valence-electron chi connectivity index (χ0n) is 21.2. The number of aryl methyl sites for hydroxylation is 1. The van der Waals surface area contributed by atoms with E-state index in [9.17, 15) is 14.4 Å². The molecular weight excluding hydrogens is 492 g/mol. The Kier molecular flexibility index (Phi) is 6.68. The van der Waals surface area contributed by atoms with Gasteiger partial charge in [0.25, 0.3) is 5.91 Å². The van der Waals surface area contributed by atoms with Crippen LogP contribution in [0.4, 0.5) is 5.00 Å². The van der Waals surface area contributed by atoms with Crippen LogP contribution in [0.5, 0.6) is 0 Å². The van der Waals surface area contributed by atoms with Gasteiger partial charge < -0.3 is 15.4 Å². The summed E-state index contributed by atoms with van der Waals surface area (Å²) in [7, 11) is 0. The minimum atomic E-state index is -0.425. The van der Waals surface area contributed by atoms with Crippen molar-refractivity contribution >= 4 is 45.3 Å². The predicted octanol–water partition coefficient (Wildman–Crippen LogP) is 6.11. The van der Waals surface area contributed by atoms with Crippen molar-refractivity contribution < 1.29 is 19.1 Å². The molecule has 0 saturated heterocycles. The first-order valence-corrected chi connectivity index (χ1v) is 14.3. The van der Waals surface area contributed by atoms with Crippen LogP contribution in [-0.4, -0.2) is 24.3 Å². The minimum absolute atomic E-state index is 0.0868. The smallest absolute Gasteiger partial charge is 0.341 e. The number of ether oxygens (including phenoxy) is 1. The first-order chi connectivity index (χ1) is 17.2. The van der Waals surface area contributed by atoms with Crippen LogP contribution < -0.4 is 10.6 Å². The van der Waals surface area contributed by atoms with Crippen LogP contribution in [0.2, 0.25) is 0 Å². The van der Waals surface area contributed by atoms with E-state index < -0.39 is 5.92 Å². The molecule has 0 aromatic carbocycles. The molecular formula is C28H32N2O4S2. The topological polar surface area (TPSA) is 84.5 Å². The molecule has 3 heterocycles. The summed E-state index contributed by atoms with van der Waals surface area (Å²) in [5, 5.41) is 9.02. The summed E-state index contributed by atoms with van der Waals surface area (Å²) in [5.74, 6) is -1.01. The highest BCUT2D eigenvalue weighted by Gasteiger charge is 2.43. The summed E-state index contributed by atoms with van der Waals surface area (Å²) < 4.78 is 5.37. The zero-order valence-corrected chi connectivity index (χ0v) is 22.8. The molecule has 1 amide bonds. The fourth-order valence-corrected chi connectivity index (χ4v) is 7.84. The number of carbonyl (C=O) groups excluding carboxylic acids is 3. The van der Waals surface area contributed by atoms with E-state index >= 15 is 0 Å². The molecule has 8 heteroatoms. The van der Waals surface area contributed by atoms with E-state index in [1.54, 1.807) is 18.3 Å². The van der Waals surface area contributed by atoms with Gasteiger partial charge in [-0.15, -0.1) is 22.7 Å². The number of ketones is 1. The van der Waals surface area contributed by atoms with Crippen LogP contribution in [0.25, 0.3) is 0 Å². The number of carbonyl (C=O) groups is 3. The first-order valence-electron chi connectivity index (χ1n) is 12.6. The first kappa shape index (κ1) is 25.0. The van der Waals surface area contributed by atoms with Crippen molar-refractivity contribution in [2.45, 2.75) is 72.1 Å². The van der Waals surface area contributed by atoms with Crippen molar-refractivity contribution in [1.29, 1.82) is 0 Å². The Morgan fingerprint density at radius 1 is 1.22 bits per heavy atom. The number of Topliss-reactive ketones (excluding diaryl/α,β-unsaturated/α-hetero) is 1. The van der Waals surface area contributed by atoms with Gasteiger partial charge in [0, 0.05) is 38.7 Å². The second kappa shape index (κ2) is 9.63. The molecule has 190 valence electrons. The average Bonchev–Trinajstić information content (AvgIpc) is 3.45. The lowest BCUT2D eigenvalue weighted by Crippen LogP contribution is -2.39. The summed E-state index contributed by atoms with van der Waals surface area (Å²) in [6, 6.07) is 3.95. The third-order valence-electron chi connectivity index (χ3n) is 7.19. The number of fused-ring (bicyclic) bond motifs is 1. The summed E-state index contributed by atoms with van der Waals surface area (Å²) in [6.07, 6.45) is 5.03. The van der Waals surface area contributed by atoms with Crippen LogP contribution in [0.15, 0.2) is 40.1 Å². The van der Waals surface area contributed by atoms with Crippen molar-refractivity contribution in [2.24, 2.45) is 5.41 Å². The van der Waals surface area contributed by atoms with Gasteiger partial charge in [0.05, 0.1) is 18.1 Å². The number of thiophene rings is 2. The average molecular weight is 525 g/mol. The van der Waals surface area contributed by atoms with Crippen LogP contribution >= 0.6 is 22.7 Å². The monoisotopic (exact) mass is 524 g/mol. The van der Waals surface area contributed by atoms with E-state index in [-0.39, 0.29) is 29.7 Å². The highest BCUT2D eigenvalue weighted by molar-refractivity contribution is 7.17. The van der Waals surface area contributed by atoms with Crippen LogP contribution in [0.3, 0.4) is 0 Å². The van der Waals surface area contributed by atoms with Crippen molar-refractivity contribution in [3.8, 4) is 0 Å². The van der Waals surface area contributed by atoms with Gasteiger partial charge in [0.1, 0.15) is 5.00 Å². The second-order valence-corrected chi connectivity index (χ2v) is 12.6. The van der Waals surface area contributed by atoms with Crippen LogP contribution in [0.1, 0.15) is 85.0 Å². The Morgan fingerprint density at radius 2 is 2.00 bits per heavy atom. The van der Waals surface area contributed by atoms with Crippen LogP contribution in [-0.2, 0) is 27.2 Å². The standard InChI is InChI=1S/C28H32N2O4S2/c1-5-34-27(33)22-16-9-6-7-10-19(16)36-26(22)30-25(32)21-15(2)29-17-13-28(3,4)14-18(31)23(17)24(21)20-11-8-12-35-20/h8,11-12,24,29H,5-7,9-10,13-14H2,1-4H3,(H,30,32). The summed E-state index contributed by atoms with van der Waals surface area (Å²) >= 11 is 3.03. The Labute approximate surface area is 219 Å². The summed E-state index contributed by atoms with van der Waals surface area (Å²) in [4.78, 5) is 42.4. The molecule has 1 unspecified atom stereocenters. The highest BCUT2D eigenvalue weighted by atomic mass is 32.1. The normalized spacial score (nSPS) is 21.0. The molecule has 1 aliphatic heterocycles.